The first-order valence-electron chi connectivity index (χ1n) is 9.96. The number of hydrogen-bond donors (Lipinski definition) is 3. The van der Waals surface area contributed by atoms with Crippen molar-refractivity contribution < 1.29 is 9.53 Å². The zero-order valence-corrected chi connectivity index (χ0v) is 20.4. The number of pyridine rings is 1. The highest BCUT2D eigenvalue weighted by Gasteiger charge is 2.07. The monoisotopic (exact) mass is 525 g/mol. The summed E-state index contributed by atoms with van der Waals surface area (Å²) in [7, 11) is 0. The molecule has 1 heterocycles. The second-order valence-corrected chi connectivity index (χ2v) is 6.90. The molecular formula is C22H32IN5O2. The molecule has 0 aliphatic heterocycles. The Morgan fingerprint density at radius 3 is 2.60 bits per heavy atom. The SMILES string of the molecule is CCNC(=NCc1ccc(C)cc1OC(C)C)NCCNC(=O)c1cccnc1.I. The van der Waals surface area contributed by atoms with Crippen LogP contribution in [-0.2, 0) is 6.54 Å². The first-order chi connectivity index (χ1) is 14.0. The smallest absolute Gasteiger partial charge is 0.252 e. The number of carbonyl (C=O) groups excluding carboxylic acids is 1. The number of amides is 1. The van der Waals surface area contributed by atoms with Crippen molar-refractivity contribution in [2.75, 3.05) is 19.6 Å². The van der Waals surface area contributed by atoms with Gasteiger partial charge >= 0.3 is 0 Å². The molecule has 0 unspecified atom stereocenters. The van der Waals surface area contributed by atoms with Gasteiger partial charge in [-0.15, -0.1) is 24.0 Å². The van der Waals surface area contributed by atoms with Crippen LogP contribution in [0.2, 0.25) is 0 Å². The molecule has 2 rings (SSSR count). The normalized spacial score (nSPS) is 10.9. The first-order valence-corrected chi connectivity index (χ1v) is 9.96. The topological polar surface area (TPSA) is 87.6 Å². The van der Waals surface area contributed by atoms with E-state index < -0.39 is 0 Å². The van der Waals surface area contributed by atoms with Crippen molar-refractivity contribution >= 4 is 35.8 Å². The number of hydrogen-bond acceptors (Lipinski definition) is 4. The Kier molecular flexibility index (Phi) is 11.8. The third-order valence-corrected chi connectivity index (χ3v) is 3.96. The molecule has 2 aromatic rings. The number of halogens is 1. The van der Waals surface area contributed by atoms with Crippen molar-refractivity contribution in [1.82, 2.24) is 20.9 Å². The molecule has 0 aliphatic carbocycles. The Morgan fingerprint density at radius 2 is 1.93 bits per heavy atom. The first kappa shape index (κ1) is 25.7. The van der Waals surface area contributed by atoms with Crippen molar-refractivity contribution in [2.45, 2.75) is 40.3 Å². The lowest BCUT2D eigenvalue weighted by Gasteiger charge is -2.15. The molecule has 8 heteroatoms. The van der Waals surface area contributed by atoms with Gasteiger partial charge in [-0.3, -0.25) is 9.78 Å². The summed E-state index contributed by atoms with van der Waals surface area (Å²) in [4.78, 5) is 20.6. The van der Waals surface area contributed by atoms with Crippen LogP contribution in [0.1, 0.15) is 42.3 Å². The highest BCUT2D eigenvalue weighted by atomic mass is 127. The van der Waals surface area contributed by atoms with E-state index in [-0.39, 0.29) is 36.0 Å². The van der Waals surface area contributed by atoms with Crippen molar-refractivity contribution in [1.29, 1.82) is 0 Å². The number of rotatable bonds is 9. The van der Waals surface area contributed by atoms with Gasteiger partial charge in [0.25, 0.3) is 5.91 Å². The van der Waals surface area contributed by atoms with Crippen LogP contribution in [0.4, 0.5) is 0 Å². The second-order valence-electron chi connectivity index (χ2n) is 6.90. The Morgan fingerprint density at radius 1 is 1.17 bits per heavy atom. The van der Waals surface area contributed by atoms with E-state index >= 15 is 0 Å². The van der Waals surface area contributed by atoms with Gasteiger partial charge in [0.15, 0.2) is 5.96 Å². The van der Waals surface area contributed by atoms with Crippen LogP contribution in [0.15, 0.2) is 47.7 Å². The van der Waals surface area contributed by atoms with E-state index in [1.54, 1.807) is 24.5 Å². The number of aryl methyl sites for hydroxylation is 1. The number of benzene rings is 1. The van der Waals surface area contributed by atoms with E-state index in [4.69, 9.17) is 4.74 Å². The van der Waals surface area contributed by atoms with E-state index in [0.29, 0.717) is 31.2 Å². The zero-order chi connectivity index (χ0) is 21.1. The van der Waals surface area contributed by atoms with Crippen molar-refractivity contribution in [3.05, 3.63) is 59.4 Å². The van der Waals surface area contributed by atoms with E-state index in [9.17, 15) is 4.79 Å². The third kappa shape index (κ3) is 8.98. The summed E-state index contributed by atoms with van der Waals surface area (Å²) in [6, 6.07) is 9.63. The fraction of sp³-hybridized carbons (Fsp3) is 0.409. The van der Waals surface area contributed by atoms with Crippen molar-refractivity contribution in [3.8, 4) is 5.75 Å². The minimum absolute atomic E-state index is 0. The summed E-state index contributed by atoms with van der Waals surface area (Å²) in [5.41, 5.74) is 2.74. The number of aromatic nitrogens is 1. The molecule has 1 aromatic heterocycles. The Bertz CT molecular complexity index is 812. The number of nitrogens with zero attached hydrogens (tertiary/aromatic N) is 2. The second kappa shape index (κ2) is 13.8. The van der Waals surface area contributed by atoms with Crippen LogP contribution in [0.5, 0.6) is 5.75 Å². The number of carbonyl (C=O) groups is 1. The lowest BCUT2D eigenvalue weighted by Crippen LogP contribution is -2.41. The minimum atomic E-state index is -0.142. The highest BCUT2D eigenvalue weighted by molar-refractivity contribution is 14.0. The average molecular weight is 525 g/mol. The summed E-state index contributed by atoms with van der Waals surface area (Å²) in [6.45, 7) is 10.4. The summed E-state index contributed by atoms with van der Waals surface area (Å²) < 4.78 is 5.92. The standard InChI is InChI=1S/C22H31N5O2.HI/c1-5-24-22(26-12-11-25-21(28)19-7-6-10-23-14-19)27-15-18-9-8-17(4)13-20(18)29-16(2)3;/h6-10,13-14,16H,5,11-12,15H2,1-4H3,(H,25,28)(H2,24,26,27);1H. The van der Waals surface area contributed by atoms with Gasteiger partial charge in [0.2, 0.25) is 0 Å². The molecule has 7 nitrogen and oxygen atoms in total. The van der Waals surface area contributed by atoms with Crippen LogP contribution in [-0.4, -0.2) is 42.6 Å². The summed E-state index contributed by atoms with van der Waals surface area (Å²) >= 11 is 0. The highest BCUT2D eigenvalue weighted by Crippen LogP contribution is 2.22. The molecule has 3 N–H and O–H groups in total. The molecule has 30 heavy (non-hydrogen) atoms. The van der Waals surface area contributed by atoms with Gasteiger partial charge < -0.3 is 20.7 Å². The molecule has 0 fully saturated rings. The maximum absolute atomic E-state index is 12.0. The predicted octanol–water partition coefficient (Wildman–Crippen LogP) is 3.28. The van der Waals surface area contributed by atoms with Gasteiger partial charge in [-0.1, -0.05) is 12.1 Å². The molecule has 0 radical (unpaired) electrons. The molecule has 0 atom stereocenters. The van der Waals surface area contributed by atoms with Crippen LogP contribution in [0.25, 0.3) is 0 Å². The van der Waals surface area contributed by atoms with Gasteiger partial charge in [-0.2, -0.15) is 0 Å². The number of nitrogens with one attached hydrogen (secondary N) is 3. The van der Waals surface area contributed by atoms with Gasteiger partial charge in [0.1, 0.15) is 5.75 Å². The number of aliphatic imine (C=N–C) groups is 1. The van der Waals surface area contributed by atoms with Gasteiger partial charge in [-0.25, -0.2) is 4.99 Å². The Labute approximate surface area is 196 Å². The summed E-state index contributed by atoms with van der Waals surface area (Å²) in [6.07, 6.45) is 3.30. The Hall–Kier alpha value is -2.36. The van der Waals surface area contributed by atoms with Crippen LogP contribution in [0, 0.1) is 6.92 Å². The van der Waals surface area contributed by atoms with E-state index in [2.05, 4.69) is 32.0 Å². The molecular weight excluding hydrogens is 493 g/mol. The quantitative estimate of drug-likeness (QED) is 0.203. The molecule has 0 spiro atoms. The zero-order valence-electron chi connectivity index (χ0n) is 18.1. The minimum Gasteiger partial charge on any atom is -0.491 e. The van der Waals surface area contributed by atoms with Crippen LogP contribution in [0.3, 0.4) is 0 Å². The molecule has 1 amide bonds. The fourth-order valence-corrected chi connectivity index (χ4v) is 2.62. The van der Waals surface area contributed by atoms with E-state index in [1.807, 2.05) is 39.8 Å². The Balaban J connectivity index is 0.00000450. The third-order valence-electron chi connectivity index (χ3n) is 3.96. The lowest BCUT2D eigenvalue weighted by molar-refractivity contribution is 0.0954. The summed E-state index contributed by atoms with van der Waals surface area (Å²) in [5.74, 6) is 1.42. The average Bonchev–Trinajstić information content (AvgIpc) is 2.70. The van der Waals surface area contributed by atoms with E-state index in [0.717, 1.165) is 23.4 Å². The van der Waals surface area contributed by atoms with Gasteiger partial charge in [0, 0.05) is 37.6 Å². The maximum atomic E-state index is 12.0. The molecule has 0 saturated carbocycles. The molecule has 0 aliphatic rings. The molecule has 0 saturated heterocycles. The van der Waals surface area contributed by atoms with Crippen molar-refractivity contribution in [3.63, 3.8) is 0 Å². The fourth-order valence-electron chi connectivity index (χ4n) is 2.62. The van der Waals surface area contributed by atoms with Gasteiger partial charge in [0.05, 0.1) is 18.2 Å². The summed E-state index contributed by atoms with van der Waals surface area (Å²) in [5, 5.41) is 9.32. The lowest BCUT2D eigenvalue weighted by atomic mass is 10.1. The van der Waals surface area contributed by atoms with Crippen molar-refractivity contribution in [2.24, 2.45) is 4.99 Å². The maximum Gasteiger partial charge on any atom is 0.252 e. The number of guanidine groups is 1. The molecule has 164 valence electrons. The van der Waals surface area contributed by atoms with Crippen LogP contribution < -0.4 is 20.7 Å². The van der Waals surface area contributed by atoms with E-state index in [1.165, 1.54) is 0 Å². The molecule has 0 bridgehead atoms. The largest absolute Gasteiger partial charge is 0.491 e. The van der Waals surface area contributed by atoms with Gasteiger partial charge in [-0.05, 0) is 51.5 Å². The van der Waals surface area contributed by atoms with Crippen LogP contribution >= 0.6 is 24.0 Å². The number of ether oxygens (including phenoxy) is 1. The molecule has 1 aromatic carbocycles. The predicted molar refractivity (Wildman–Crippen MR) is 132 cm³/mol.